The Morgan fingerprint density at radius 3 is 2.79 bits per heavy atom. The monoisotopic (exact) mass is 214 g/mol. The number of benzene rings is 1. The highest BCUT2D eigenvalue weighted by molar-refractivity contribution is 6.32. The molecule has 1 aromatic rings. The SMILES string of the molecule is COCOc1cc(C)c(C=O)cc1Cl. The second-order valence-corrected chi connectivity index (χ2v) is 3.22. The fourth-order valence-electron chi connectivity index (χ4n) is 1.03. The normalized spacial score (nSPS) is 9.93. The first-order chi connectivity index (χ1) is 6.69. The average molecular weight is 215 g/mol. The molecule has 0 heterocycles. The van der Waals surface area contributed by atoms with E-state index in [4.69, 9.17) is 21.1 Å². The quantitative estimate of drug-likeness (QED) is 0.571. The second kappa shape index (κ2) is 4.98. The summed E-state index contributed by atoms with van der Waals surface area (Å²) >= 11 is 5.88. The fraction of sp³-hybridized carbons (Fsp3) is 0.300. The van der Waals surface area contributed by atoms with Crippen LogP contribution in [0.15, 0.2) is 12.1 Å². The lowest BCUT2D eigenvalue weighted by Gasteiger charge is -2.08. The molecule has 0 radical (unpaired) electrons. The summed E-state index contributed by atoms with van der Waals surface area (Å²) in [5, 5.41) is 0.412. The van der Waals surface area contributed by atoms with E-state index in [-0.39, 0.29) is 6.79 Å². The number of rotatable bonds is 4. The molecule has 0 saturated heterocycles. The van der Waals surface area contributed by atoms with E-state index in [1.54, 1.807) is 12.1 Å². The lowest BCUT2D eigenvalue weighted by atomic mass is 10.1. The summed E-state index contributed by atoms with van der Waals surface area (Å²) in [5.74, 6) is 0.525. The summed E-state index contributed by atoms with van der Waals surface area (Å²) in [7, 11) is 1.53. The molecule has 0 aliphatic heterocycles. The largest absolute Gasteiger partial charge is 0.466 e. The predicted octanol–water partition coefficient (Wildman–Crippen LogP) is 2.44. The molecule has 4 heteroatoms. The Kier molecular flexibility index (Phi) is 3.92. The number of hydrogen-bond acceptors (Lipinski definition) is 3. The van der Waals surface area contributed by atoms with E-state index in [9.17, 15) is 4.79 Å². The van der Waals surface area contributed by atoms with Crippen LogP contribution < -0.4 is 4.74 Å². The van der Waals surface area contributed by atoms with Crippen LogP contribution in [-0.4, -0.2) is 20.2 Å². The molecule has 14 heavy (non-hydrogen) atoms. The molecule has 76 valence electrons. The smallest absolute Gasteiger partial charge is 0.188 e. The van der Waals surface area contributed by atoms with Gasteiger partial charge in [-0.25, -0.2) is 0 Å². The van der Waals surface area contributed by atoms with Crippen LogP contribution in [0.4, 0.5) is 0 Å². The molecular weight excluding hydrogens is 204 g/mol. The van der Waals surface area contributed by atoms with Gasteiger partial charge in [-0.1, -0.05) is 11.6 Å². The van der Waals surface area contributed by atoms with E-state index in [1.807, 2.05) is 6.92 Å². The van der Waals surface area contributed by atoms with Gasteiger partial charge in [0.15, 0.2) is 6.79 Å². The summed E-state index contributed by atoms with van der Waals surface area (Å²) in [6.07, 6.45) is 0.765. The van der Waals surface area contributed by atoms with Crippen molar-refractivity contribution in [1.82, 2.24) is 0 Å². The molecule has 0 N–H and O–H groups in total. The third-order valence-corrected chi connectivity index (χ3v) is 2.08. The van der Waals surface area contributed by atoms with Gasteiger partial charge in [0.2, 0.25) is 0 Å². The molecule has 0 aromatic heterocycles. The van der Waals surface area contributed by atoms with Gasteiger partial charge in [0.25, 0.3) is 0 Å². The minimum absolute atomic E-state index is 0.138. The third-order valence-electron chi connectivity index (χ3n) is 1.78. The van der Waals surface area contributed by atoms with Crippen molar-refractivity contribution in [1.29, 1.82) is 0 Å². The van der Waals surface area contributed by atoms with E-state index >= 15 is 0 Å². The molecule has 0 fully saturated rings. The van der Waals surface area contributed by atoms with Crippen LogP contribution in [0, 0.1) is 6.92 Å². The molecule has 0 unspecified atom stereocenters. The topological polar surface area (TPSA) is 35.5 Å². The maximum atomic E-state index is 10.6. The maximum Gasteiger partial charge on any atom is 0.188 e. The van der Waals surface area contributed by atoms with Gasteiger partial charge in [0.1, 0.15) is 12.0 Å². The van der Waals surface area contributed by atoms with Gasteiger partial charge < -0.3 is 9.47 Å². The molecule has 0 spiro atoms. The summed E-state index contributed by atoms with van der Waals surface area (Å²) in [6.45, 7) is 1.96. The lowest BCUT2D eigenvalue weighted by molar-refractivity contribution is 0.0511. The van der Waals surface area contributed by atoms with Crippen LogP contribution >= 0.6 is 11.6 Å². The first-order valence-electron chi connectivity index (χ1n) is 4.06. The predicted molar refractivity (Wildman–Crippen MR) is 54.1 cm³/mol. The van der Waals surface area contributed by atoms with Gasteiger partial charge in [-0.3, -0.25) is 4.79 Å². The van der Waals surface area contributed by atoms with Gasteiger partial charge in [0, 0.05) is 12.7 Å². The number of aryl methyl sites for hydroxylation is 1. The van der Waals surface area contributed by atoms with Crippen molar-refractivity contribution in [3.63, 3.8) is 0 Å². The maximum absolute atomic E-state index is 10.6. The van der Waals surface area contributed by atoms with E-state index in [0.29, 0.717) is 16.3 Å². The molecule has 1 rings (SSSR count). The van der Waals surface area contributed by atoms with E-state index in [2.05, 4.69) is 0 Å². The minimum Gasteiger partial charge on any atom is -0.466 e. The minimum atomic E-state index is 0.138. The Hall–Kier alpha value is -1.06. The van der Waals surface area contributed by atoms with Gasteiger partial charge in [-0.15, -0.1) is 0 Å². The van der Waals surface area contributed by atoms with Crippen LogP contribution in [0.3, 0.4) is 0 Å². The second-order valence-electron chi connectivity index (χ2n) is 2.81. The first-order valence-corrected chi connectivity index (χ1v) is 4.44. The summed E-state index contributed by atoms with van der Waals surface area (Å²) < 4.78 is 9.94. The zero-order valence-corrected chi connectivity index (χ0v) is 8.80. The number of carbonyl (C=O) groups excluding carboxylic acids is 1. The molecule has 0 aliphatic carbocycles. The molecule has 0 amide bonds. The highest BCUT2D eigenvalue weighted by atomic mass is 35.5. The van der Waals surface area contributed by atoms with Crippen LogP contribution in [0.2, 0.25) is 5.02 Å². The van der Waals surface area contributed by atoms with Crippen molar-refractivity contribution in [3.8, 4) is 5.75 Å². The molecule has 0 aliphatic rings. The standard InChI is InChI=1S/C10H11ClO3/c1-7-3-10(14-6-13-2)9(11)4-8(7)5-12/h3-5H,6H2,1-2H3. The Morgan fingerprint density at radius 2 is 2.21 bits per heavy atom. The van der Waals surface area contributed by atoms with E-state index < -0.39 is 0 Å². The molecule has 0 saturated carbocycles. The number of aldehydes is 1. The van der Waals surface area contributed by atoms with Gasteiger partial charge in [-0.2, -0.15) is 0 Å². The van der Waals surface area contributed by atoms with Gasteiger partial charge in [-0.05, 0) is 24.6 Å². The van der Waals surface area contributed by atoms with Gasteiger partial charge >= 0.3 is 0 Å². The Labute approximate surface area is 87.6 Å². The van der Waals surface area contributed by atoms with Crippen molar-refractivity contribution in [2.75, 3.05) is 13.9 Å². The van der Waals surface area contributed by atoms with Crippen molar-refractivity contribution in [2.45, 2.75) is 6.92 Å². The highest BCUT2D eigenvalue weighted by Gasteiger charge is 2.06. The number of carbonyl (C=O) groups is 1. The van der Waals surface area contributed by atoms with E-state index in [1.165, 1.54) is 7.11 Å². The van der Waals surface area contributed by atoms with Crippen LogP contribution in [-0.2, 0) is 4.74 Å². The molecule has 3 nitrogen and oxygen atoms in total. The van der Waals surface area contributed by atoms with Crippen LogP contribution in [0.25, 0.3) is 0 Å². The van der Waals surface area contributed by atoms with E-state index in [0.717, 1.165) is 11.8 Å². The Balaban J connectivity index is 2.96. The molecular formula is C10H11ClO3. The van der Waals surface area contributed by atoms with Gasteiger partial charge in [0.05, 0.1) is 5.02 Å². The van der Waals surface area contributed by atoms with Crippen LogP contribution in [0.1, 0.15) is 15.9 Å². The molecule has 1 aromatic carbocycles. The fourth-order valence-corrected chi connectivity index (χ4v) is 1.26. The lowest BCUT2D eigenvalue weighted by Crippen LogP contribution is -2.00. The number of ether oxygens (including phenoxy) is 2. The number of methoxy groups -OCH3 is 1. The van der Waals surface area contributed by atoms with Crippen molar-refractivity contribution in [2.24, 2.45) is 0 Å². The summed E-state index contributed by atoms with van der Waals surface area (Å²) in [5.41, 5.74) is 1.40. The zero-order valence-electron chi connectivity index (χ0n) is 8.04. The van der Waals surface area contributed by atoms with Crippen molar-refractivity contribution < 1.29 is 14.3 Å². The molecule has 0 bridgehead atoms. The third kappa shape index (κ3) is 2.47. The first kappa shape index (κ1) is 11.0. The summed E-state index contributed by atoms with van der Waals surface area (Å²) in [6, 6.07) is 3.29. The average Bonchev–Trinajstić information content (AvgIpc) is 2.18. The highest BCUT2D eigenvalue weighted by Crippen LogP contribution is 2.27. The Morgan fingerprint density at radius 1 is 1.50 bits per heavy atom. The van der Waals surface area contributed by atoms with Crippen LogP contribution in [0.5, 0.6) is 5.75 Å². The zero-order chi connectivity index (χ0) is 10.6. The van der Waals surface area contributed by atoms with Crippen molar-refractivity contribution >= 4 is 17.9 Å². The summed E-state index contributed by atoms with van der Waals surface area (Å²) in [4.78, 5) is 10.6. The number of halogens is 1. The molecule has 0 atom stereocenters. The number of hydrogen-bond donors (Lipinski definition) is 0. The Bertz CT molecular complexity index is 336. The van der Waals surface area contributed by atoms with Crippen molar-refractivity contribution in [3.05, 3.63) is 28.3 Å².